The van der Waals surface area contributed by atoms with Gasteiger partial charge in [-0.05, 0) is 21.0 Å². The van der Waals surface area contributed by atoms with E-state index in [0.717, 1.165) is 0 Å². The van der Waals surface area contributed by atoms with Crippen molar-refractivity contribution in [2.45, 2.75) is 13.0 Å². The highest BCUT2D eigenvalue weighted by Crippen LogP contribution is 1.80. The van der Waals surface area contributed by atoms with E-state index in [-0.39, 0.29) is 18.6 Å². The van der Waals surface area contributed by atoms with Crippen LogP contribution in [0.5, 0.6) is 0 Å². The minimum Gasteiger partial charge on any atom is -0.350 e. The Morgan fingerprint density at radius 3 is 2.45 bits per heavy atom. The van der Waals surface area contributed by atoms with Crippen LogP contribution in [-0.2, 0) is 9.90 Å². The molecule has 0 saturated carbocycles. The number of carbonyl (C=O) groups excluding carboxylic acids is 1. The third-order valence-electron chi connectivity index (χ3n) is 1.12. The first kappa shape index (κ1) is 10.4. The van der Waals surface area contributed by atoms with Crippen LogP contribution in [0, 0.1) is 0 Å². The van der Waals surface area contributed by atoms with Crippen molar-refractivity contribution >= 4 is 5.91 Å². The summed E-state index contributed by atoms with van der Waals surface area (Å²) < 4.78 is 0. The molecule has 0 aromatic carbocycles. The second kappa shape index (κ2) is 5.09. The Balaban J connectivity index is 3.52. The highest BCUT2D eigenvalue weighted by atomic mass is 16.3. The van der Waals surface area contributed by atoms with Gasteiger partial charge in [-0.3, -0.25) is 4.79 Å². The largest absolute Gasteiger partial charge is 0.350 e. The second-order valence-electron chi connectivity index (χ2n) is 2.87. The summed E-state index contributed by atoms with van der Waals surface area (Å²) in [5, 5.41) is 12.8. The van der Waals surface area contributed by atoms with Crippen molar-refractivity contribution in [3.8, 4) is 0 Å². The molecule has 0 saturated heterocycles. The highest BCUT2D eigenvalue weighted by Gasteiger charge is 2.06. The predicted octanol–water partition coefficient (Wildman–Crippen LogP) is -0.517. The Bertz CT molecular complexity index is 126. The summed E-state index contributed by atoms with van der Waals surface area (Å²) in [6.45, 7) is 1.77. The van der Waals surface area contributed by atoms with Crippen molar-refractivity contribution in [3.63, 3.8) is 0 Å². The number of hydrogen-bond acceptors (Lipinski definition) is 2. The van der Waals surface area contributed by atoms with Gasteiger partial charge < -0.3 is 10.2 Å². The van der Waals surface area contributed by atoms with Gasteiger partial charge in [-0.2, -0.15) is 0 Å². The molecule has 0 heterocycles. The average Bonchev–Trinajstić information content (AvgIpc) is 1.85. The van der Waals surface area contributed by atoms with Gasteiger partial charge in [0.25, 0.3) is 0 Å². The van der Waals surface area contributed by atoms with E-state index in [1.54, 1.807) is 25.9 Å². The molecule has 0 aromatic rings. The first-order chi connectivity index (χ1) is 5.06. The number of carbonyl (C=O) groups is 1. The molecule has 0 fully saturated rings. The lowest BCUT2D eigenvalue weighted by molar-refractivity contribution is -0.122. The lowest BCUT2D eigenvalue weighted by Crippen LogP contribution is -2.40. The molecule has 1 amide bonds. The number of likely N-dealkylation sites (N-methyl/N-ethyl adjacent to an activating group) is 1. The van der Waals surface area contributed by atoms with E-state index in [1.807, 2.05) is 0 Å². The molecule has 1 atom stereocenters. The molecule has 0 aliphatic carbocycles. The maximum atomic E-state index is 10.9. The molecule has 0 aliphatic rings. The van der Waals surface area contributed by atoms with Gasteiger partial charge in [0, 0.05) is 0 Å². The zero-order valence-electron chi connectivity index (χ0n) is 7.26. The standard InChI is InChI=1S/C7H15N2O2/c1-6(5-10)8-7(11)4-9(2)3/h6H,4-5H2,1-3H3,(H,8,11)/t6-/m0/s1. The lowest BCUT2D eigenvalue weighted by atomic mass is 10.3. The molecule has 1 radical (unpaired) electrons. The summed E-state index contributed by atoms with van der Waals surface area (Å²) in [7, 11) is 3.61. The quantitative estimate of drug-likeness (QED) is 0.600. The van der Waals surface area contributed by atoms with Crippen LogP contribution in [0.3, 0.4) is 0 Å². The van der Waals surface area contributed by atoms with E-state index in [9.17, 15) is 9.90 Å². The topological polar surface area (TPSA) is 52.2 Å². The van der Waals surface area contributed by atoms with Crippen molar-refractivity contribution in [1.82, 2.24) is 10.2 Å². The number of amides is 1. The zero-order chi connectivity index (χ0) is 8.85. The summed E-state index contributed by atoms with van der Waals surface area (Å²) in [5.74, 6) is -0.0987. The van der Waals surface area contributed by atoms with Gasteiger partial charge in [-0.15, -0.1) is 0 Å². The maximum Gasteiger partial charge on any atom is 0.234 e. The monoisotopic (exact) mass is 159 g/mol. The van der Waals surface area contributed by atoms with Crippen LogP contribution in [0.4, 0.5) is 0 Å². The molecule has 0 aromatic heterocycles. The summed E-state index contributed by atoms with van der Waals surface area (Å²) >= 11 is 0. The van der Waals surface area contributed by atoms with Gasteiger partial charge in [0.15, 0.2) is 0 Å². The SMILES string of the molecule is C[C@@H](C[O])NC(=O)CN(C)C. The van der Waals surface area contributed by atoms with Crippen LogP contribution in [0.2, 0.25) is 0 Å². The summed E-state index contributed by atoms with van der Waals surface area (Å²) in [6.07, 6.45) is 0. The number of hydrogen-bond donors (Lipinski definition) is 1. The minimum atomic E-state index is -0.265. The Labute approximate surface area is 67.2 Å². The second-order valence-corrected chi connectivity index (χ2v) is 2.87. The zero-order valence-corrected chi connectivity index (χ0v) is 7.26. The van der Waals surface area contributed by atoms with Crippen LogP contribution in [0.1, 0.15) is 6.92 Å². The molecule has 65 valence electrons. The fraction of sp³-hybridized carbons (Fsp3) is 0.857. The van der Waals surface area contributed by atoms with Crippen molar-refractivity contribution in [2.24, 2.45) is 0 Å². The molecule has 4 heteroatoms. The van der Waals surface area contributed by atoms with E-state index in [0.29, 0.717) is 6.54 Å². The van der Waals surface area contributed by atoms with Crippen LogP contribution in [-0.4, -0.2) is 44.1 Å². The lowest BCUT2D eigenvalue weighted by Gasteiger charge is -2.12. The van der Waals surface area contributed by atoms with Crippen LogP contribution >= 0.6 is 0 Å². The molecule has 0 spiro atoms. The normalized spacial score (nSPS) is 13.2. The van der Waals surface area contributed by atoms with Crippen LogP contribution in [0.25, 0.3) is 0 Å². The Hall–Kier alpha value is -0.610. The van der Waals surface area contributed by atoms with Crippen molar-refractivity contribution in [1.29, 1.82) is 0 Å². The first-order valence-electron chi connectivity index (χ1n) is 3.58. The smallest absolute Gasteiger partial charge is 0.234 e. The molecular weight excluding hydrogens is 144 g/mol. The van der Waals surface area contributed by atoms with E-state index in [4.69, 9.17) is 0 Å². The van der Waals surface area contributed by atoms with Gasteiger partial charge in [0.1, 0.15) is 6.61 Å². The highest BCUT2D eigenvalue weighted by molar-refractivity contribution is 5.78. The number of rotatable bonds is 4. The molecule has 0 unspecified atom stereocenters. The fourth-order valence-corrected chi connectivity index (χ4v) is 0.649. The molecule has 0 rings (SSSR count). The van der Waals surface area contributed by atoms with Gasteiger partial charge in [-0.1, -0.05) is 0 Å². The van der Waals surface area contributed by atoms with Crippen molar-refractivity contribution < 1.29 is 9.90 Å². The summed E-state index contributed by atoms with van der Waals surface area (Å²) in [4.78, 5) is 12.7. The molecule has 11 heavy (non-hydrogen) atoms. The van der Waals surface area contributed by atoms with Crippen molar-refractivity contribution in [2.75, 3.05) is 27.2 Å². The van der Waals surface area contributed by atoms with Gasteiger partial charge in [0.05, 0.1) is 12.6 Å². The van der Waals surface area contributed by atoms with Gasteiger partial charge in [0.2, 0.25) is 5.91 Å². The van der Waals surface area contributed by atoms with Gasteiger partial charge in [-0.25, -0.2) is 5.11 Å². The minimum absolute atomic E-state index is 0.0987. The van der Waals surface area contributed by atoms with E-state index < -0.39 is 0 Å². The summed E-state index contributed by atoms with van der Waals surface area (Å²) in [6, 6.07) is -0.262. The average molecular weight is 159 g/mol. The van der Waals surface area contributed by atoms with E-state index >= 15 is 0 Å². The Morgan fingerprint density at radius 1 is 1.55 bits per heavy atom. The Morgan fingerprint density at radius 2 is 2.09 bits per heavy atom. The van der Waals surface area contributed by atoms with E-state index in [2.05, 4.69) is 5.32 Å². The molecule has 0 aliphatic heterocycles. The third-order valence-corrected chi connectivity index (χ3v) is 1.12. The predicted molar refractivity (Wildman–Crippen MR) is 41.7 cm³/mol. The van der Waals surface area contributed by atoms with Crippen LogP contribution < -0.4 is 5.32 Å². The fourth-order valence-electron chi connectivity index (χ4n) is 0.649. The first-order valence-corrected chi connectivity index (χ1v) is 3.58. The van der Waals surface area contributed by atoms with E-state index in [1.165, 1.54) is 0 Å². The third kappa shape index (κ3) is 5.82. The molecule has 0 bridgehead atoms. The maximum absolute atomic E-state index is 10.9. The van der Waals surface area contributed by atoms with Gasteiger partial charge >= 0.3 is 0 Å². The van der Waals surface area contributed by atoms with Crippen molar-refractivity contribution in [3.05, 3.63) is 0 Å². The number of nitrogens with one attached hydrogen (secondary N) is 1. The summed E-state index contributed by atoms with van der Waals surface area (Å²) in [5.41, 5.74) is 0. The van der Waals surface area contributed by atoms with Crippen LogP contribution in [0.15, 0.2) is 0 Å². The molecule has 4 nitrogen and oxygen atoms in total. The number of nitrogens with zero attached hydrogens (tertiary/aromatic N) is 1. The molecule has 1 N–H and O–H groups in total. The Kier molecular flexibility index (Phi) is 4.81. The molecular formula is C7H15N2O2.